The van der Waals surface area contributed by atoms with Gasteiger partial charge in [-0.25, -0.2) is 4.79 Å². The topological polar surface area (TPSA) is 120 Å². The molecule has 4 saturated carbocycles. The normalized spacial score (nSPS) is 44.3. The molecule has 7 heteroatoms. The monoisotopic (exact) mass is 523 g/mol. The zero-order chi connectivity index (χ0) is 26.8. The third-order valence-electron chi connectivity index (χ3n) is 11.4. The molecule has 1 aliphatic heterocycles. The lowest BCUT2D eigenvalue weighted by molar-refractivity contribution is -0.237. The van der Waals surface area contributed by atoms with Gasteiger partial charge in [-0.2, -0.15) is 0 Å². The van der Waals surface area contributed by atoms with Crippen molar-refractivity contribution in [1.82, 2.24) is 0 Å². The number of nitrogens with zero attached hydrogens (tertiary/aromatic N) is 1. The Morgan fingerprint density at radius 3 is 2.53 bits per heavy atom. The summed E-state index contributed by atoms with van der Waals surface area (Å²) in [5, 5.41) is 44.7. The van der Waals surface area contributed by atoms with E-state index in [1.165, 1.54) is 0 Å². The number of esters is 1. The minimum atomic E-state index is -1.04. The predicted molar refractivity (Wildman–Crippen MR) is 143 cm³/mol. The lowest BCUT2D eigenvalue weighted by atomic mass is 9.41. The summed E-state index contributed by atoms with van der Waals surface area (Å²) in [6.07, 6.45) is 10.0. The number of phenolic OH excluding ortho intramolecular Hbond substituents is 1. The maximum Gasteiger partial charge on any atom is 0.331 e. The van der Waals surface area contributed by atoms with Gasteiger partial charge in [0.2, 0.25) is 0 Å². The van der Waals surface area contributed by atoms with Crippen molar-refractivity contribution in [3.05, 3.63) is 41.5 Å². The van der Waals surface area contributed by atoms with Crippen LogP contribution in [-0.2, 0) is 16.0 Å². The first-order valence-corrected chi connectivity index (χ1v) is 14.4. The van der Waals surface area contributed by atoms with Crippen molar-refractivity contribution in [3.63, 3.8) is 0 Å². The smallest absolute Gasteiger partial charge is 0.331 e. The molecule has 0 bridgehead atoms. The number of hydrogen-bond donors (Lipinski definition) is 4. The van der Waals surface area contributed by atoms with Crippen molar-refractivity contribution in [2.75, 3.05) is 13.2 Å². The van der Waals surface area contributed by atoms with Crippen LogP contribution in [0.5, 0.6) is 5.75 Å². The minimum absolute atomic E-state index is 0.0314. The second kappa shape index (κ2) is 9.17. The van der Waals surface area contributed by atoms with E-state index in [4.69, 9.17) is 9.73 Å². The van der Waals surface area contributed by atoms with E-state index < -0.39 is 22.7 Å². The van der Waals surface area contributed by atoms with Crippen LogP contribution in [0.15, 0.2) is 40.9 Å². The van der Waals surface area contributed by atoms with Crippen LogP contribution < -0.4 is 0 Å². The molecule has 0 amide bonds. The second-order valence-electron chi connectivity index (χ2n) is 13.0. The van der Waals surface area contributed by atoms with Gasteiger partial charge in [0.05, 0.1) is 17.3 Å². The van der Waals surface area contributed by atoms with Crippen LogP contribution in [-0.4, -0.2) is 63.1 Å². The standard InChI is InChI=1S/C31H41NO6/c1-28-11-7-25-26(31(28,37)14-9-24(28)21-16-27(35)38-18-21)8-13-30(36)17-23(34)6-12-29(25,30)19-32-15-10-20-2-4-22(33)5-3-20/h2-5,16,19,23-26,33-34,36-37H,6-15,17-18H2,1H3. The maximum absolute atomic E-state index is 12.5. The number of carbonyl (C=O) groups excluding carboxylic acids is 1. The van der Waals surface area contributed by atoms with Crippen LogP contribution >= 0.6 is 0 Å². The van der Waals surface area contributed by atoms with Gasteiger partial charge in [-0.15, -0.1) is 0 Å². The van der Waals surface area contributed by atoms with Crippen molar-refractivity contribution in [2.45, 2.75) is 88.4 Å². The number of benzene rings is 1. The Bertz CT molecular complexity index is 1150. The molecule has 4 fully saturated rings. The number of aliphatic imine (C=N–C) groups is 1. The zero-order valence-electron chi connectivity index (χ0n) is 22.3. The van der Waals surface area contributed by atoms with Gasteiger partial charge in [-0.05, 0) is 98.8 Å². The lowest BCUT2D eigenvalue weighted by Gasteiger charge is -2.65. The van der Waals surface area contributed by atoms with E-state index in [9.17, 15) is 25.2 Å². The van der Waals surface area contributed by atoms with Crippen LogP contribution in [0.2, 0.25) is 0 Å². The first-order chi connectivity index (χ1) is 18.1. The van der Waals surface area contributed by atoms with Gasteiger partial charge in [0.15, 0.2) is 0 Å². The van der Waals surface area contributed by atoms with E-state index in [0.29, 0.717) is 45.3 Å². The van der Waals surface area contributed by atoms with Crippen LogP contribution in [0, 0.1) is 28.6 Å². The summed E-state index contributed by atoms with van der Waals surface area (Å²) < 4.78 is 5.25. The Morgan fingerprint density at radius 2 is 1.79 bits per heavy atom. The van der Waals surface area contributed by atoms with Crippen LogP contribution in [0.3, 0.4) is 0 Å². The van der Waals surface area contributed by atoms with E-state index >= 15 is 0 Å². The molecule has 4 aliphatic carbocycles. The van der Waals surface area contributed by atoms with E-state index in [1.54, 1.807) is 18.2 Å². The van der Waals surface area contributed by atoms with Crippen molar-refractivity contribution in [3.8, 4) is 5.75 Å². The van der Waals surface area contributed by atoms with E-state index in [-0.39, 0.29) is 34.9 Å². The zero-order valence-corrected chi connectivity index (χ0v) is 22.3. The fraction of sp³-hybridized carbons (Fsp3) is 0.677. The van der Waals surface area contributed by atoms with Crippen molar-refractivity contribution in [2.24, 2.45) is 33.6 Å². The fourth-order valence-corrected chi connectivity index (χ4v) is 9.44. The fourth-order valence-electron chi connectivity index (χ4n) is 9.44. The number of rotatable bonds is 5. The Kier molecular flexibility index (Phi) is 6.28. The highest BCUT2D eigenvalue weighted by atomic mass is 16.5. The number of fused-ring (bicyclic) bond motifs is 5. The first-order valence-electron chi connectivity index (χ1n) is 14.4. The van der Waals surface area contributed by atoms with Gasteiger partial charge in [0, 0.05) is 36.1 Å². The summed E-state index contributed by atoms with van der Waals surface area (Å²) >= 11 is 0. The van der Waals surface area contributed by atoms with E-state index in [0.717, 1.165) is 43.2 Å². The molecule has 38 heavy (non-hydrogen) atoms. The number of cyclic esters (lactones) is 1. The molecule has 8 unspecified atom stereocenters. The summed E-state index contributed by atoms with van der Waals surface area (Å²) in [7, 11) is 0. The highest BCUT2D eigenvalue weighted by Crippen LogP contribution is 2.70. The Balaban J connectivity index is 1.30. The largest absolute Gasteiger partial charge is 0.508 e. The van der Waals surface area contributed by atoms with Gasteiger partial charge in [-0.3, -0.25) is 4.99 Å². The van der Waals surface area contributed by atoms with Gasteiger partial charge in [0.25, 0.3) is 0 Å². The van der Waals surface area contributed by atoms with Gasteiger partial charge < -0.3 is 25.2 Å². The Labute approximate surface area is 224 Å². The molecule has 7 nitrogen and oxygen atoms in total. The van der Waals surface area contributed by atoms with Gasteiger partial charge in [-0.1, -0.05) is 19.1 Å². The summed E-state index contributed by atoms with van der Waals surface area (Å²) in [5.41, 5.74) is -0.719. The molecule has 8 atom stereocenters. The van der Waals surface area contributed by atoms with E-state index in [2.05, 4.69) is 6.92 Å². The number of aromatic hydroxyl groups is 1. The van der Waals surface area contributed by atoms with Crippen molar-refractivity contribution in [1.29, 1.82) is 0 Å². The van der Waals surface area contributed by atoms with Crippen LogP contribution in [0.4, 0.5) is 0 Å². The highest BCUT2D eigenvalue weighted by Gasteiger charge is 2.71. The Hall–Kier alpha value is -2.22. The van der Waals surface area contributed by atoms with Crippen LogP contribution in [0.25, 0.3) is 0 Å². The number of aliphatic hydroxyl groups is 3. The molecule has 206 valence electrons. The van der Waals surface area contributed by atoms with Crippen molar-refractivity contribution < 1.29 is 30.0 Å². The van der Waals surface area contributed by atoms with Gasteiger partial charge in [0.1, 0.15) is 12.4 Å². The third kappa shape index (κ3) is 3.80. The quantitative estimate of drug-likeness (QED) is 0.345. The molecular weight excluding hydrogens is 482 g/mol. The predicted octanol–water partition coefficient (Wildman–Crippen LogP) is 3.72. The summed E-state index contributed by atoms with van der Waals surface area (Å²) in [6, 6.07) is 7.17. The molecule has 5 aliphatic rings. The molecule has 0 radical (unpaired) electrons. The molecule has 0 spiro atoms. The number of aliphatic hydroxyl groups excluding tert-OH is 1. The minimum Gasteiger partial charge on any atom is -0.508 e. The number of ether oxygens (including phenoxy) is 1. The number of phenols is 1. The average Bonchev–Trinajstić information content (AvgIpc) is 3.42. The molecule has 0 saturated heterocycles. The average molecular weight is 524 g/mol. The Morgan fingerprint density at radius 1 is 1.03 bits per heavy atom. The summed E-state index contributed by atoms with van der Waals surface area (Å²) in [6.45, 7) is 3.11. The lowest BCUT2D eigenvalue weighted by Crippen LogP contribution is -2.68. The number of hydrogen-bond acceptors (Lipinski definition) is 7. The second-order valence-corrected chi connectivity index (χ2v) is 13.0. The molecule has 1 aromatic carbocycles. The van der Waals surface area contributed by atoms with E-state index in [1.807, 2.05) is 18.3 Å². The molecular formula is C31H41NO6. The first kappa shape index (κ1) is 26.0. The summed E-state index contributed by atoms with van der Waals surface area (Å²) in [5.74, 6) is 0.208. The molecule has 0 aromatic heterocycles. The number of carbonyl (C=O) groups is 1. The maximum atomic E-state index is 12.5. The highest BCUT2D eigenvalue weighted by molar-refractivity contribution is 5.85. The molecule has 1 heterocycles. The van der Waals surface area contributed by atoms with Crippen molar-refractivity contribution >= 4 is 12.2 Å². The third-order valence-corrected chi connectivity index (χ3v) is 11.4. The molecule has 6 rings (SSSR count). The summed E-state index contributed by atoms with van der Waals surface area (Å²) in [4.78, 5) is 16.7. The molecule has 1 aromatic rings. The SMILES string of the molecule is CC12CCC3C(CCC4(O)CC(O)CCC34C=NCCc3ccc(O)cc3)C1(O)CCC2C1=CC(=O)OC1. The molecule has 4 N–H and O–H groups in total. The van der Waals surface area contributed by atoms with Crippen LogP contribution in [0.1, 0.15) is 70.3 Å². The van der Waals surface area contributed by atoms with Gasteiger partial charge >= 0.3 is 5.97 Å².